The molecule has 0 spiro atoms. The molecule has 0 amide bonds. The summed E-state index contributed by atoms with van der Waals surface area (Å²) in [4.78, 5) is 9.64. The van der Waals surface area contributed by atoms with Crippen molar-refractivity contribution in [3.05, 3.63) is 102 Å². The minimum Gasteiger partial charge on any atom is -0.399 e. The van der Waals surface area contributed by atoms with E-state index in [9.17, 15) is 0 Å². The normalized spacial score (nSPS) is 15.2. The van der Waals surface area contributed by atoms with Crippen LogP contribution in [-0.2, 0) is 5.54 Å². The molecule has 0 atom stereocenters. The van der Waals surface area contributed by atoms with Crippen molar-refractivity contribution in [2.45, 2.75) is 5.54 Å². The first-order chi connectivity index (χ1) is 11.8. The van der Waals surface area contributed by atoms with Crippen molar-refractivity contribution in [1.29, 1.82) is 0 Å². The molecule has 3 nitrogen and oxygen atoms in total. The molecule has 0 fully saturated rings. The first kappa shape index (κ1) is 14.4. The summed E-state index contributed by atoms with van der Waals surface area (Å²) in [7, 11) is 0. The van der Waals surface area contributed by atoms with Gasteiger partial charge in [-0.05, 0) is 35.4 Å². The third-order valence-corrected chi connectivity index (χ3v) is 4.25. The molecule has 0 saturated carbocycles. The van der Waals surface area contributed by atoms with Crippen LogP contribution in [0.3, 0.4) is 0 Å². The highest BCUT2D eigenvalue weighted by Gasteiger charge is 2.36. The van der Waals surface area contributed by atoms with E-state index in [4.69, 9.17) is 10.7 Å². The van der Waals surface area contributed by atoms with E-state index in [0.717, 1.165) is 28.2 Å². The first-order valence-electron chi connectivity index (χ1n) is 7.90. The second-order valence-corrected chi connectivity index (χ2v) is 5.81. The van der Waals surface area contributed by atoms with Crippen molar-refractivity contribution < 1.29 is 0 Å². The topological polar surface area (TPSA) is 50.7 Å². The maximum atomic E-state index is 5.78. The van der Waals surface area contributed by atoms with E-state index < -0.39 is 5.54 Å². The van der Waals surface area contributed by atoms with Gasteiger partial charge in [0.15, 0.2) is 5.84 Å². The van der Waals surface area contributed by atoms with Crippen LogP contribution in [0.4, 0.5) is 5.69 Å². The monoisotopic (exact) mass is 311 g/mol. The average Bonchev–Trinajstić information content (AvgIpc) is 3.10. The maximum absolute atomic E-state index is 5.78. The van der Waals surface area contributed by atoms with E-state index in [1.165, 1.54) is 0 Å². The lowest BCUT2D eigenvalue weighted by Crippen LogP contribution is -2.25. The average molecular weight is 311 g/mol. The Balaban J connectivity index is 1.87. The molecular weight excluding hydrogens is 294 g/mol. The van der Waals surface area contributed by atoms with Crippen LogP contribution in [0, 0.1) is 0 Å². The summed E-state index contributed by atoms with van der Waals surface area (Å²) in [5.41, 5.74) is 9.10. The molecule has 0 bridgehead atoms. The summed E-state index contributed by atoms with van der Waals surface area (Å²) in [6.45, 7) is 0. The highest BCUT2D eigenvalue weighted by atomic mass is 15.0. The fourth-order valence-electron chi connectivity index (χ4n) is 2.98. The summed E-state index contributed by atoms with van der Waals surface area (Å²) in [5.74, 6) is 0.725. The molecule has 0 radical (unpaired) electrons. The summed E-state index contributed by atoms with van der Waals surface area (Å²) in [6, 6.07) is 28.2. The molecule has 0 aliphatic carbocycles. The number of amidine groups is 1. The van der Waals surface area contributed by atoms with E-state index >= 15 is 0 Å². The van der Waals surface area contributed by atoms with E-state index in [2.05, 4.69) is 29.3 Å². The summed E-state index contributed by atoms with van der Waals surface area (Å²) in [6.07, 6.45) is 1.93. The Morgan fingerprint density at radius 3 is 1.75 bits per heavy atom. The number of hydrogen-bond donors (Lipinski definition) is 1. The molecule has 1 aliphatic rings. The Hall–Kier alpha value is -3.20. The molecule has 3 aromatic carbocycles. The van der Waals surface area contributed by atoms with Crippen molar-refractivity contribution >= 4 is 17.7 Å². The molecule has 1 aliphatic heterocycles. The molecule has 0 saturated heterocycles. The third-order valence-electron chi connectivity index (χ3n) is 4.25. The highest BCUT2D eigenvalue weighted by molar-refractivity contribution is 6.09. The zero-order valence-electron chi connectivity index (χ0n) is 13.1. The van der Waals surface area contributed by atoms with E-state index in [0.29, 0.717) is 0 Å². The van der Waals surface area contributed by atoms with Gasteiger partial charge in [-0.1, -0.05) is 60.7 Å². The van der Waals surface area contributed by atoms with Gasteiger partial charge in [-0.25, -0.2) is 9.98 Å². The van der Waals surface area contributed by atoms with Crippen LogP contribution < -0.4 is 5.73 Å². The lowest BCUT2D eigenvalue weighted by atomic mass is 9.85. The fraction of sp³-hybridized carbons (Fsp3) is 0.0476. The zero-order valence-corrected chi connectivity index (χ0v) is 13.1. The molecule has 116 valence electrons. The summed E-state index contributed by atoms with van der Waals surface area (Å²) in [5, 5.41) is 0. The third kappa shape index (κ3) is 2.40. The molecule has 0 unspecified atom stereocenters. The molecule has 1 heterocycles. The van der Waals surface area contributed by atoms with Crippen molar-refractivity contribution in [1.82, 2.24) is 0 Å². The number of nitrogen functional groups attached to an aromatic ring is 1. The fourth-order valence-corrected chi connectivity index (χ4v) is 2.98. The van der Waals surface area contributed by atoms with Gasteiger partial charge in [0.1, 0.15) is 5.54 Å². The standard InChI is InChI=1S/C21H17N3/c22-19-13-11-16(12-14-19)20-23-15-21(24-20,17-7-3-1-4-8-17)18-9-5-2-6-10-18/h1-15H,22H2. The SMILES string of the molecule is Nc1ccc(C2=NC(c3ccccc3)(c3ccccc3)C=N2)cc1. The van der Waals surface area contributed by atoms with E-state index in [1.807, 2.05) is 66.9 Å². The molecule has 3 heteroatoms. The predicted octanol–water partition coefficient (Wildman–Crippen LogP) is 4.04. The molecule has 0 aromatic heterocycles. The number of aliphatic imine (C=N–C) groups is 2. The van der Waals surface area contributed by atoms with Crippen LogP contribution >= 0.6 is 0 Å². The van der Waals surface area contributed by atoms with Crippen molar-refractivity contribution in [3.8, 4) is 0 Å². The van der Waals surface area contributed by atoms with Crippen LogP contribution in [0.15, 0.2) is 94.9 Å². The van der Waals surface area contributed by atoms with Crippen molar-refractivity contribution in [3.63, 3.8) is 0 Å². The van der Waals surface area contributed by atoms with E-state index in [-0.39, 0.29) is 0 Å². The van der Waals surface area contributed by atoms with Gasteiger partial charge in [-0.2, -0.15) is 0 Å². The lowest BCUT2D eigenvalue weighted by Gasteiger charge is -2.24. The molecule has 24 heavy (non-hydrogen) atoms. The molecule has 3 aromatic rings. The van der Waals surface area contributed by atoms with Crippen LogP contribution in [-0.4, -0.2) is 12.1 Å². The Labute approximate surface area is 141 Å². The molecule has 2 N–H and O–H groups in total. The number of hydrogen-bond acceptors (Lipinski definition) is 3. The van der Waals surface area contributed by atoms with Gasteiger partial charge in [-0.15, -0.1) is 0 Å². The van der Waals surface area contributed by atoms with E-state index in [1.54, 1.807) is 0 Å². The van der Waals surface area contributed by atoms with Gasteiger partial charge in [0.25, 0.3) is 0 Å². The smallest absolute Gasteiger partial charge is 0.155 e. The number of benzene rings is 3. The van der Waals surface area contributed by atoms with Gasteiger partial charge in [0.05, 0.1) is 0 Å². The van der Waals surface area contributed by atoms with Crippen LogP contribution in [0.1, 0.15) is 16.7 Å². The van der Waals surface area contributed by atoms with Crippen LogP contribution in [0.2, 0.25) is 0 Å². The van der Waals surface area contributed by atoms with Crippen molar-refractivity contribution in [2.24, 2.45) is 9.98 Å². The second-order valence-electron chi connectivity index (χ2n) is 5.81. The molecule has 4 rings (SSSR count). The zero-order chi connectivity index (χ0) is 16.4. The maximum Gasteiger partial charge on any atom is 0.155 e. The van der Waals surface area contributed by atoms with Gasteiger partial charge in [-0.3, -0.25) is 0 Å². The number of rotatable bonds is 3. The Kier molecular flexibility index (Phi) is 3.47. The molecular formula is C21H17N3. The van der Waals surface area contributed by atoms with Crippen LogP contribution in [0.25, 0.3) is 0 Å². The van der Waals surface area contributed by atoms with Crippen molar-refractivity contribution in [2.75, 3.05) is 5.73 Å². The quantitative estimate of drug-likeness (QED) is 0.729. The van der Waals surface area contributed by atoms with Gasteiger partial charge >= 0.3 is 0 Å². The Morgan fingerprint density at radius 2 is 1.21 bits per heavy atom. The Bertz CT molecular complexity index is 855. The summed E-state index contributed by atoms with van der Waals surface area (Å²) < 4.78 is 0. The number of nitrogens with two attached hydrogens (primary N) is 1. The number of anilines is 1. The minimum atomic E-state index is -0.584. The highest BCUT2D eigenvalue weighted by Crippen LogP contribution is 2.36. The largest absolute Gasteiger partial charge is 0.399 e. The number of nitrogens with zero attached hydrogens (tertiary/aromatic N) is 2. The Morgan fingerprint density at radius 1 is 0.667 bits per heavy atom. The van der Waals surface area contributed by atoms with Gasteiger partial charge < -0.3 is 5.73 Å². The second kappa shape index (κ2) is 5.78. The lowest BCUT2D eigenvalue weighted by molar-refractivity contribution is 0.762. The summed E-state index contributed by atoms with van der Waals surface area (Å²) >= 11 is 0. The predicted molar refractivity (Wildman–Crippen MR) is 99.5 cm³/mol. The first-order valence-corrected chi connectivity index (χ1v) is 7.90. The van der Waals surface area contributed by atoms with Crippen LogP contribution in [0.5, 0.6) is 0 Å². The van der Waals surface area contributed by atoms with Gasteiger partial charge in [0.2, 0.25) is 0 Å². The van der Waals surface area contributed by atoms with Gasteiger partial charge in [0, 0.05) is 17.5 Å². The minimum absolute atomic E-state index is 0.584.